The summed E-state index contributed by atoms with van der Waals surface area (Å²) in [5, 5.41) is 24.4. The van der Waals surface area contributed by atoms with Gasteiger partial charge in [-0.05, 0) is 30.2 Å². The van der Waals surface area contributed by atoms with Crippen molar-refractivity contribution < 1.29 is 5.11 Å². The van der Waals surface area contributed by atoms with Crippen molar-refractivity contribution in [3.63, 3.8) is 0 Å². The van der Waals surface area contributed by atoms with Crippen molar-refractivity contribution in [2.75, 3.05) is 11.9 Å². The summed E-state index contributed by atoms with van der Waals surface area (Å²) in [6, 6.07) is 15.0. The number of hydrogen-bond donors (Lipinski definition) is 2. The fourth-order valence-electron chi connectivity index (χ4n) is 2.65. The third kappa shape index (κ3) is 3.18. The van der Waals surface area contributed by atoms with E-state index in [4.69, 9.17) is 11.6 Å². The predicted octanol–water partition coefficient (Wildman–Crippen LogP) is 4.21. The van der Waals surface area contributed by atoms with Gasteiger partial charge in [0.2, 0.25) is 0 Å². The molecule has 1 unspecified atom stereocenters. The minimum atomic E-state index is -0.707. The molecule has 0 aliphatic rings. The van der Waals surface area contributed by atoms with Crippen LogP contribution in [0, 0.1) is 18.3 Å². The van der Waals surface area contributed by atoms with Crippen LogP contribution < -0.4 is 5.32 Å². The molecule has 2 aromatic carbocycles. The molecular formula is C19H16ClN3O. The van der Waals surface area contributed by atoms with Gasteiger partial charge in [0.05, 0.1) is 22.9 Å². The highest BCUT2D eigenvalue weighted by atomic mass is 35.5. The first-order valence-corrected chi connectivity index (χ1v) is 7.94. The molecule has 0 fully saturated rings. The van der Waals surface area contributed by atoms with E-state index in [0.29, 0.717) is 16.3 Å². The number of aromatic nitrogens is 1. The second-order valence-corrected chi connectivity index (χ2v) is 6.01. The number of fused-ring (bicyclic) bond motifs is 1. The summed E-state index contributed by atoms with van der Waals surface area (Å²) in [7, 11) is 0. The first-order chi connectivity index (χ1) is 11.6. The average molecular weight is 338 g/mol. The zero-order valence-corrected chi connectivity index (χ0v) is 13.9. The van der Waals surface area contributed by atoms with E-state index in [2.05, 4.69) is 16.4 Å². The first-order valence-electron chi connectivity index (χ1n) is 7.56. The number of pyridine rings is 1. The molecule has 3 aromatic rings. The third-order valence-electron chi connectivity index (χ3n) is 3.95. The van der Waals surface area contributed by atoms with Crippen LogP contribution in [0.3, 0.4) is 0 Å². The summed E-state index contributed by atoms with van der Waals surface area (Å²) in [4.78, 5) is 4.37. The van der Waals surface area contributed by atoms with Crippen LogP contribution >= 0.6 is 11.6 Å². The Morgan fingerprint density at radius 2 is 2.00 bits per heavy atom. The van der Waals surface area contributed by atoms with E-state index in [1.165, 1.54) is 0 Å². The lowest BCUT2D eigenvalue weighted by molar-refractivity contribution is 0.191. The van der Waals surface area contributed by atoms with Crippen molar-refractivity contribution in [1.82, 2.24) is 4.98 Å². The zero-order valence-electron chi connectivity index (χ0n) is 13.1. The Hall–Kier alpha value is -2.61. The molecule has 0 radical (unpaired) electrons. The molecule has 1 atom stereocenters. The van der Waals surface area contributed by atoms with Crippen LogP contribution in [-0.4, -0.2) is 16.6 Å². The Balaban J connectivity index is 1.90. The van der Waals surface area contributed by atoms with Gasteiger partial charge in [0, 0.05) is 23.2 Å². The van der Waals surface area contributed by atoms with E-state index in [1.54, 1.807) is 30.5 Å². The van der Waals surface area contributed by atoms with Crippen LogP contribution in [0.1, 0.15) is 22.8 Å². The number of nitrogens with one attached hydrogen (secondary N) is 1. The number of rotatable bonds is 4. The topological polar surface area (TPSA) is 68.9 Å². The molecule has 3 rings (SSSR count). The molecule has 4 nitrogen and oxygen atoms in total. The largest absolute Gasteiger partial charge is 0.387 e. The minimum absolute atomic E-state index is 0.281. The Bertz CT molecular complexity index is 916. The molecule has 0 spiro atoms. The van der Waals surface area contributed by atoms with Crippen molar-refractivity contribution in [2.45, 2.75) is 13.0 Å². The Kier molecular flexibility index (Phi) is 4.66. The van der Waals surface area contributed by atoms with Crippen LogP contribution in [0.2, 0.25) is 5.02 Å². The molecule has 0 aliphatic carbocycles. The van der Waals surface area contributed by atoms with Gasteiger partial charge in [-0.2, -0.15) is 5.26 Å². The minimum Gasteiger partial charge on any atom is -0.387 e. The lowest BCUT2D eigenvalue weighted by atomic mass is 10.1. The van der Waals surface area contributed by atoms with Gasteiger partial charge >= 0.3 is 0 Å². The SMILES string of the molecule is Cc1cccc2c(NCC(O)c3ccc(Cl)cc3)c(C#N)cnc12. The number of nitrogens with zero attached hydrogens (tertiary/aromatic N) is 2. The molecule has 0 amide bonds. The van der Waals surface area contributed by atoms with Crippen LogP contribution in [0.4, 0.5) is 5.69 Å². The second-order valence-electron chi connectivity index (χ2n) is 5.58. The van der Waals surface area contributed by atoms with Gasteiger partial charge < -0.3 is 10.4 Å². The molecule has 0 bridgehead atoms. The van der Waals surface area contributed by atoms with Gasteiger partial charge in [0.1, 0.15) is 6.07 Å². The maximum atomic E-state index is 10.4. The average Bonchev–Trinajstić information content (AvgIpc) is 2.60. The molecule has 0 aliphatic heterocycles. The van der Waals surface area contributed by atoms with E-state index in [0.717, 1.165) is 22.0 Å². The third-order valence-corrected chi connectivity index (χ3v) is 4.20. The molecule has 0 saturated heterocycles. The van der Waals surface area contributed by atoms with E-state index < -0.39 is 6.10 Å². The summed E-state index contributed by atoms with van der Waals surface area (Å²) in [5.74, 6) is 0. The molecule has 0 saturated carbocycles. The normalized spacial score (nSPS) is 11.9. The standard InChI is InChI=1S/C19H16ClN3O/c1-12-3-2-4-16-18(12)22-10-14(9-21)19(16)23-11-17(24)13-5-7-15(20)8-6-13/h2-8,10,17,24H,11H2,1H3,(H,22,23). The van der Waals surface area contributed by atoms with Gasteiger partial charge in [0.15, 0.2) is 0 Å². The number of aryl methyl sites for hydroxylation is 1. The van der Waals surface area contributed by atoms with E-state index in [1.807, 2.05) is 25.1 Å². The lowest BCUT2D eigenvalue weighted by Gasteiger charge is -2.16. The Morgan fingerprint density at radius 3 is 2.71 bits per heavy atom. The fraction of sp³-hybridized carbons (Fsp3) is 0.158. The molecule has 24 heavy (non-hydrogen) atoms. The highest BCUT2D eigenvalue weighted by Crippen LogP contribution is 2.28. The molecule has 1 heterocycles. The quantitative estimate of drug-likeness (QED) is 0.748. The summed E-state index contributed by atoms with van der Waals surface area (Å²) in [6.07, 6.45) is 0.855. The summed E-state index contributed by atoms with van der Waals surface area (Å²) in [6.45, 7) is 2.26. The fourth-order valence-corrected chi connectivity index (χ4v) is 2.77. The number of aliphatic hydroxyl groups is 1. The summed E-state index contributed by atoms with van der Waals surface area (Å²) in [5.41, 5.74) is 3.80. The van der Waals surface area contributed by atoms with Crippen LogP contribution in [0.25, 0.3) is 10.9 Å². The van der Waals surface area contributed by atoms with E-state index in [9.17, 15) is 10.4 Å². The van der Waals surface area contributed by atoms with E-state index >= 15 is 0 Å². The monoisotopic (exact) mass is 337 g/mol. The maximum Gasteiger partial charge on any atom is 0.103 e. The van der Waals surface area contributed by atoms with Crippen molar-refractivity contribution >= 4 is 28.2 Å². The number of halogens is 1. The lowest BCUT2D eigenvalue weighted by Crippen LogP contribution is -2.13. The number of nitriles is 1. The number of para-hydroxylation sites is 1. The summed E-state index contributed by atoms with van der Waals surface area (Å²) < 4.78 is 0. The molecule has 120 valence electrons. The van der Waals surface area contributed by atoms with E-state index in [-0.39, 0.29) is 6.54 Å². The molecular weight excluding hydrogens is 322 g/mol. The Labute approximate surface area is 145 Å². The van der Waals surface area contributed by atoms with Gasteiger partial charge in [0.25, 0.3) is 0 Å². The smallest absolute Gasteiger partial charge is 0.103 e. The maximum absolute atomic E-state index is 10.4. The van der Waals surface area contributed by atoms with Crippen molar-refractivity contribution in [2.24, 2.45) is 0 Å². The number of anilines is 1. The molecule has 2 N–H and O–H groups in total. The van der Waals surface area contributed by atoms with Crippen molar-refractivity contribution in [3.05, 3.63) is 70.4 Å². The highest BCUT2D eigenvalue weighted by Gasteiger charge is 2.13. The number of benzene rings is 2. The zero-order chi connectivity index (χ0) is 17.1. The molecule has 5 heteroatoms. The van der Waals surface area contributed by atoms with Gasteiger partial charge in [-0.25, -0.2) is 0 Å². The number of aliphatic hydroxyl groups excluding tert-OH is 1. The van der Waals surface area contributed by atoms with Gasteiger partial charge in [-0.15, -0.1) is 0 Å². The first kappa shape index (κ1) is 16.3. The van der Waals surface area contributed by atoms with Crippen molar-refractivity contribution in [1.29, 1.82) is 5.26 Å². The summed E-state index contributed by atoms with van der Waals surface area (Å²) >= 11 is 5.87. The van der Waals surface area contributed by atoms with Gasteiger partial charge in [-0.3, -0.25) is 4.98 Å². The van der Waals surface area contributed by atoms with Crippen LogP contribution in [-0.2, 0) is 0 Å². The van der Waals surface area contributed by atoms with Crippen molar-refractivity contribution in [3.8, 4) is 6.07 Å². The highest BCUT2D eigenvalue weighted by molar-refractivity contribution is 6.30. The predicted molar refractivity (Wildman–Crippen MR) is 96.1 cm³/mol. The van der Waals surface area contributed by atoms with Crippen LogP contribution in [0.5, 0.6) is 0 Å². The number of hydrogen-bond acceptors (Lipinski definition) is 4. The molecule has 1 aromatic heterocycles. The Morgan fingerprint density at radius 1 is 1.25 bits per heavy atom. The second kappa shape index (κ2) is 6.88. The van der Waals surface area contributed by atoms with Crippen LogP contribution in [0.15, 0.2) is 48.7 Å². The van der Waals surface area contributed by atoms with Gasteiger partial charge in [-0.1, -0.05) is 41.9 Å².